The number of ether oxygens (including phenoxy) is 1. The van der Waals surface area contributed by atoms with Gasteiger partial charge in [0, 0.05) is 42.4 Å². The maximum Gasteiger partial charge on any atom is 0.254 e. The van der Waals surface area contributed by atoms with Crippen LogP contribution in [0.25, 0.3) is 10.8 Å². The Morgan fingerprint density at radius 3 is 2.96 bits per heavy atom. The third-order valence-electron chi connectivity index (χ3n) is 5.29. The van der Waals surface area contributed by atoms with Crippen LogP contribution in [0.4, 0.5) is 0 Å². The number of fused-ring (bicyclic) bond motifs is 1. The number of carbonyl (C=O) groups excluding carboxylic acids is 1. The average Bonchev–Trinajstić information content (AvgIpc) is 2.72. The summed E-state index contributed by atoms with van der Waals surface area (Å²) in [5.41, 5.74) is 1.90. The van der Waals surface area contributed by atoms with E-state index in [9.17, 15) is 4.79 Å². The summed E-state index contributed by atoms with van der Waals surface area (Å²) in [7, 11) is 0. The van der Waals surface area contributed by atoms with Crippen LogP contribution in [0.5, 0.6) is 5.75 Å². The molecule has 2 heterocycles. The molecule has 1 amide bonds. The summed E-state index contributed by atoms with van der Waals surface area (Å²) in [6, 6.07) is 15.8. The SMILES string of the molecule is Cc1ccccc1OC[C@@H]1CCCN(C(=O)c2cccc3cnccc23)C1. The number of amides is 1. The predicted octanol–water partition coefficient (Wildman–Crippen LogP) is 4.47. The Kier molecular flexibility index (Phi) is 5.05. The van der Waals surface area contributed by atoms with E-state index in [1.54, 1.807) is 12.4 Å². The maximum absolute atomic E-state index is 13.2. The van der Waals surface area contributed by atoms with Gasteiger partial charge in [0.05, 0.1) is 6.61 Å². The number of pyridine rings is 1. The van der Waals surface area contributed by atoms with Crippen LogP contribution in [-0.2, 0) is 0 Å². The molecular weight excluding hydrogens is 336 g/mol. The Labute approximate surface area is 159 Å². The number of benzene rings is 2. The lowest BCUT2D eigenvalue weighted by Crippen LogP contribution is -2.41. The van der Waals surface area contributed by atoms with Gasteiger partial charge in [-0.15, -0.1) is 0 Å². The van der Waals surface area contributed by atoms with Crippen molar-refractivity contribution < 1.29 is 9.53 Å². The van der Waals surface area contributed by atoms with Gasteiger partial charge in [-0.2, -0.15) is 0 Å². The Bertz CT molecular complexity index is 949. The van der Waals surface area contributed by atoms with Gasteiger partial charge in [-0.25, -0.2) is 0 Å². The minimum Gasteiger partial charge on any atom is -0.493 e. The number of aromatic nitrogens is 1. The summed E-state index contributed by atoms with van der Waals surface area (Å²) in [5.74, 6) is 1.40. The van der Waals surface area contributed by atoms with Crippen LogP contribution in [0.3, 0.4) is 0 Å². The third kappa shape index (κ3) is 3.80. The summed E-state index contributed by atoms with van der Waals surface area (Å²) < 4.78 is 6.03. The van der Waals surface area contributed by atoms with Crippen LogP contribution in [0, 0.1) is 12.8 Å². The van der Waals surface area contributed by atoms with Crippen molar-refractivity contribution in [2.24, 2.45) is 5.92 Å². The Morgan fingerprint density at radius 1 is 1.19 bits per heavy atom. The number of para-hydroxylation sites is 1. The molecule has 0 spiro atoms. The summed E-state index contributed by atoms with van der Waals surface area (Å²) in [5, 5.41) is 1.97. The zero-order valence-corrected chi connectivity index (χ0v) is 15.6. The first-order valence-corrected chi connectivity index (χ1v) is 9.53. The monoisotopic (exact) mass is 360 g/mol. The molecular formula is C23H24N2O2. The zero-order chi connectivity index (χ0) is 18.6. The van der Waals surface area contributed by atoms with Crippen LogP contribution >= 0.6 is 0 Å². The fourth-order valence-corrected chi connectivity index (χ4v) is 3.79. The number of hydrogen-bond donors (Lipinski definition) is 0. The first-order valence-electron chi connectivity index (χ1n) is 9.53. The first-order chi connectivity index (χ1) is 13.2. The number of carbonyl (C=O) groups is 1. The largest absolute Gasteiger partial charge is 0.493 e. The first kappa shape index (κ1) is 17.5. The van der Waals surface area contributed by atoms with Gasteiger partial charge >= 0.3 is 0 Å². The number of piperidine rings is 1. The topological polar surface area (TPSA) is 42.4 Å². The van der Waals surface area contributed by atoms with E-state index < -0.39 is 0 Å². The van der Waals surface area contributed by atoms with Gasteiger partial charge in [0.1, 0.15) is 5.75 Å². The van der Waals surface area contributed by atoms with Crippen molar-refractivity contribution in [3.63, 3.8) is 0 Å². The standard InChI is InChI=1S/C23H24N2O2/c1-17-6-2-3-10-22(17)27-16-18-7-5-13-25(15-18)23(26)21-9-4-8-19-14-24-12-11-20(19)21/h2-4,6,8-12,14,18H,5,7,13,15-16H2,1H3/t18-/m1/s1. The van der Waals surface area contributed by atoms with Crippen molar-refractivity contribution in [2.45, 2.75) is 19.8 Å². The molecule has 1 atom stereocenters. The highest BCUT2D eigenvalue weighted by Crippen LogP contribution is 2.24. The average molecular weight is 360 g/mol. The number of likely N-dealkylation sites (tertiary alicyclic amines) is 1. The molecule has 4 rings (SSSR count). The van der Waals surface area contributed by atoms with Crippen molar-refractivity contribution in [1.82, 2.24) is 9.88 Å². The van der Waals surface area contributed by atoms with Crippen molar-refractivity contribution in [1.29, 1.82) is 0 Å². The second-order valence-electron chi connectivity index (χ2n) is 7.24. The zero-order valence-electron chi connectivity index (χ0n) is 15.6. The van der Waals surface area contributed by atoms with Crippen LogP contribution in [0.1, 0.15) is 28.8 Å². The molecule has 1 aliphatic rings. The molecule has 0 bridgehead atoms. The molecule has 0 radical (unpaired) electrons. The minimum absolute atomic E-state index is 0.104. The fraction of sp³-hybridized carbons (Fsp3) is 0.304. The van der Waals surface area contributed by atoms with E-state index in [4.69, 9.17) is 4.74 Å². The molecule has 0 N–H and O–H groups in total. The van der Waals surface area contributed by atoms with Gasteiger partial charge in [-0.05, 0) is 48.9 Å². The second kappa shape index (κ2) is 7.78. The van der Waals surface area contributed by atoms with Crippen molar-refractivity contribution >= 4 is 16.7 Å². The maximum atomic E-state index is 13.2. The normalized spacial score (nSPS) is 17.1. The van der Waals surface area contributed by atoms with E-state index in [2.05, 4.69) is 18.0 Å². The van der Waals surface area contributed by atoms with Crippen LogP contribution in [0.2, 0.25) is 0 Å². The summed E-state index contributed by atoms with van der Waals surface area (Å²) >= 11 is 0. The molecule has 0 unspecified atom stereocenters. The molecule has 27 heavy (non-hydrogen) atoms. The van der Waals surface area contributed by atoms with Crippen LogP contribution in [-0.4, -0.2) is 35.5 Å². The highest BCUT2D eigenvalue weighted by atomic mass is 16.5. The number of hydrogen-bond acceptors (Lipinski definition) is 3. The van der Waals surface area contributed by atoms with E-state index >= 15 is 0 Å². The van der Waals surface area contributed by atoms with Gasteiger partial charge < -0.3 is 9.64 Å². The van der Waals surface area contributed by atoms with E-state index in [1.165, 1.54) is 0 Å². The molecule has 4 heteroatoms. The van der Waals surface area contributed by atoms with Gasteiger partial charge in [0.25, 0.3) is 5.91 Å². The minimum atomic E-state index is 0.104. The highest BCUT2D eigenvalue weighted by molar-refractivity contribution is 6.06. The van der Waals surface area contributed by atoms with Gasteiger partial charge in [0.2, 0.25) is 0 Å². The van der Waals surface area contributed by atoms with Crippen LogP contribution in [0.15, 0.2) is 60.9 Å². The molecule has 1 aliphatic heterocycles. The molecule has 4 nitrogen and oxygen atoms in total. The third-order valence-corrected chi connectivity index (χ3v) is 5.29. The number of nitrogens with zero attached hydrogens (tertiary/aromatic N) is 2. The lowest BCUT2D eigenvalue weighted by molar-refractivity contribution is 0.0635. The van der Waals surface area contributed by atoms with E-state index in [-0.39, 0.29) is 5.91 Å². The highest BCUT2D eigenvalue weighted by Gasteiger charge is 2.26. The summed E-state index contributed by atoms with van der Waals surface area (Å²) in [6.45, 7) is 4.25. The Morgan fingerprint density at radius 2 is 2.07 bits per heavy atom. The van der Waals surface area contributed by atoms with E-state index in [1.807, 2.05) is 47.4 Å². The Balaban J connectivity index is 1.46. The number of aryl methyl sites for hydroxylation is 1. The van der Waals surface area contributed by atoms with Gasteiger partial charge in [-0.1, -0.05) is 30.3 Å². The lowest BCUT2D eigenvalue weighted by atomic mass is 9.97. The molecule has 0 saturated carbocycles. The molecule has 138 valence electrons. The van der Waals surface area contributed by atoms with E-state index in [0.717, 1.165) is 53.6 Å². The predicted molar refractivity (Wildman–Crippen MR) is 107 cm³/mol. The molecule has 1 saturated heterocycles. The van der Waals surface area contributed by atoms with Crippen molar-refractivity contribution in [3.05, 3.63) is 72.1 Å². The molecule has 3 aromatic rings. The molecule has 1 aromatic heterocycles. The summed E-state index contributed by atoms with van der Waals surface area (Å²) in [4.78, 5) is 19.3. The fourth-order valence-electron chi connectivity index (χ4n) is 3.79. The molecule has 0 aliphatic carbocycles. The van der Waals surface area contributed by atoms with Crippen LogP contribution < -0.4 is 4.74 Å². The quantitative estimate of drug-likeness (QED) is 0.689. The molecule has 1 fully saturated rings. The van der Waals surface area contributed by atoms with Crippen molar-refractivity contribution in [3.8, 4) is 5.75 Å². The summed E-state index contributed by atoms with van der Waals surface area (Å²) in [6.07, 6.45) is 5.66. The molecule has 2 aromatic carbocycles. The van der Waals surface area contributed by atoms with Gasteiger partial charge in [-0.3, -0.25) is 9.78 Å². The van der Waals surface area contributed by atoms with E-state index in [0.29, 0.717) is 12.5 Å². The Hall–Kier alpha value is -2.88. The van der Waals surface area contributed by atoms with Crippen molar-refractivity contribution in [2.75, 3.05) is 19.7 Å². The number of rotatable bonds is 4. The smallest absolute Gasteiger partial charge is 0.254 e. The van der Waals surface area contributed by atoms with Gasteiger partial charge in [0.15, 0.2) is 0 Å². The second-order valence-corrected chi connectivity index (χ2v) is 7.24. The lowest BCUT2D eigenvalue weighted by Gasteiger charge is -2.33.